The van der Waals surface area contributed by atoms with Crippen molar-refractivity contribution in [2.75, 3.05) is 13.1 Å². The van der Waals surface area contributed by atoms with Crippen molar-refractivity contribution in [3.63, 3.8) is 0 Å². The van der Waals surface area contributed by atoms with Crippen molar-refractivity contribution in [3.05, 3.63) is 82.4 Å². The zero-order chi connectivity index (χ0) is 23.4. The van der Waals surface area contributed by atoms with E-state index in [4.69, 9.17) is 23.2 Å². The van der Waals surface area contributed by atoms with Gasteiger partial charge in [0.15, 0.2) is 0 Å². The van der Waals surface area contributed by atoms with Crippen molar-refractivity contribution in [3.8, 4) is 5.69 Å². The lowest BCUT2D eigenvalue weighted by Crippen LogP contribution is -2.45. The van der Waals surface area contributed by atoms with Crippen LogP contribution >= 0.6 is 23.2 Å². The Labute approximate surface area is 203 Å². The average molecular weight is 507 g/mol. The number of rotatable bonds is 7. The van der Waals surface area contributed by atoms with Gasteiger partial charge in [-0.25, -0.2) is 17.7 Å². The second kappa shape index (κ2) is 10.3. The predicted octanol–water partition coefficient (Wildman–Crippen LogP) is 4.04. The summed E-state index contributed by atoms with van der Waals surface area (Å²) >= 11 is 12.1. The molecule has 0 aliphatic carbocycles. The Balaban J connectivity index is 1.34. The van der Waals surface area contributed by atoms with Crippen LogP contribution in [0.3, 0.4) is 0 Å². The first-order chi connectivity index (χ1) is 15.8. The fourth-order valence-corrected chi connectivity index (χ4v) is 6.06. The van der Waals surface area contributed by atoms with E-state index in [0.29, 0.717) is 41.5 Å². The van der Waals surface area contributed by atoms with E-state index in [2.05, 4.69) is 10.3 Å². The fraction of sp³-hybridized carbons (Fsp3) is 0.304. The summed E-state index contributed by atoms with van der Waals surface area (Å²) in [6, 6.07) is 12.6. The number of halogens is 2. The molecule has 2 aromatic carbocycles. The maximum absolute atomic E-state index is 13.0. The molecule has 0 spiro atoms. The molecule has 0 unspecified atom stereocenters. The lowest BCUT2D eigenvalue weighted by atomic mass is 9.99. The molecule has 3 aromatic rings. The van der Waals surface area contributed by atoms with Crippen LogP contribution in [0.5, 0.6) is 0 Å². The Morgan fingerprint density at radius 3 is 2.64 bits per heavy atom. The van der Waals surface area contributed by atoms with Crippen LogP contribution < -0.4 is 5.32 Å². The first-order valence-corrected chi connectivity index (χ1v) is 12.9. The number of imidazole rings is 1. The lowest BCUT2D eigenvalue weighted by Gasteiger charge is -2.31. The summed E-state index contributed by atoms with van der Waals surface area (Å²) < 4.78 is 29.2. The van der Waals surface area contributed by atoms with Crippen LogP contribution in [0.25, 0.3) is 5.69 Å². The highest BCUT2D eigenvalue weighted by molar-refractivity contribution is 7.88. The van der Waals surface area contributed by atoms with Crippen LogP contribution in [0, 0.1) is 5.92 Å². The third-order valence-electron chi connectivity index (χ3n) is 5.71. The van der Waals surface area contributed by atoms with Gasteiger partial charge < -0.3 is 9.88 Å². The minimum Gasteiger partial charge on any atom is -0.352 e. The third kappa shape index (κ3) is 5.95. The average Bonchev–Trinajstić information content (AvgIpc) is 3.35. The van der Waals surface area contributed by atoms with Gasteiger partial charge in [-0.05, 0) is 48.2 Å². The number of benzene rings is 2. The number of aromatic nitrogens is 2. The molecule has 1 N–H and O–H groups in total. The standard InChI is InChI=1S/C23H24Cl2N4O3S/c24-20-6-5-19(22(25)12-20)15-33(31,32)29-10-1-2-18(14-29)23(30)27-13-17-3-7-21(8-4-17)28-11-9-26-16-28/h3-9,11-12,16,18H,1-2,10,13-15H2,(H,27,30)/t18-/m1/s1. The smallest absolute Gasteiger partial charge is 0.224 e. The van der Waals surface area contributed by atoms with E-state index in [1.165, 1.54) is 10.4 Å². The zero-order valence-corrected chi connectivity index (χ0v) is 20.2. The van der Waals surface area contributed by atoms with E-state index in [1.807, 2.05) is 35.0 Å². The molecule has 1 aliphatic rings. The molecule has 174 valence electrons. The largest absolute Gasteiger partial charge is 0.352 e. The Morgan fingerprint density at radius 2 is 1.94 bits per heavy atom. The van der Waals surface area contributed by atoms with Gasteiger partial charge in [-0.1, -0.05) is 41.4 Å². The molecule has 1 amide bonds. The number of carbonyl (C=O) groups is 1. The number of sulfonamides is 1. The molecule has 0 saturated carbocycles. The minimum absolute atomic E-state index is 0.141. The molecule has 1 atom stereocenters. The van der Waals surface area contributed by atoms with E-state index in [9.17, 15) is 13.2 Å². The molecule has 33 heavy (non-hydrogen) atoms. The predicted molar refractivity (Wildman–Crippen MR) is 129 cm³/mol. The molecule has 7 nitrogen and oxygen atoms in total. The first kappa shape index (κ1) is 23.8. The van der Waals surface area contributed by atoms with E-state index in [0.717, 1.165) is 11.3 Å². The molecule has 1 saturated heterocycles. The fourth-order valence-electron chi connectivity index (χ4n) is 3.87. The van der Waals surface area contributed by atoms with Crippen molar-refractivity contribution < 1.29 is 13.2 Å². The summed E-state index contributed by atoms with van der Waals surface area (Å²) in [5, 5.41) is 3.71. The van der Waals surface area contributed by atoms with Crippen LogP contribution in [0.1, 0.15) is 24.0 Å². The van der Waals surface area contributed by atoms with Gasteiger partial charge in [0.1, 0.15) is 0 Å². The van der Waals surface area contributed by atoms with Crippen LogP contribution in [-0.2, 0) is 27.1 Å². The summed E-state index contributed by atoms with van der Waals surface area (Å²) in [4.78, 5) is 16.8. The zero-order valence-electron chi connectivity index (χ0n) is 17.8. The van der Waals surface area contributed by atoms with Gasteiger partial charge in [0.2, 0.25) is 15.9 Å². The van der Waals surface area contributed by atoms with Gasteiger partial charge in [-0.15, -0.1) is 0 Å². The van der Waals surface area contributed by atoms with E-state index in [-0.39, 0.29) is 24.1 Å². The number of nitrogens with zero attached hydrogens (tertiary/aromatic N) is 3. The van der Waals surface area contributed by atoms with Crippen molar-refractivity contribution >= 4 is 39.1 Å². The van der Waals surface area contributed by atoms with E-state index < -0.39 is 10.0 Å². The van der Waals surface area contributed by atoms with E-state index in [1.54, 1.807) is 24.7 Å². The maximum Gasteiger partial charge on any atom is 0.224 e. The van der Waals surface area contributed by atoms with Gasteiger partial charge in [-0.2, -0.15) is 0 Å². The summed E-state index contributed by atoms with van der Waals surface area (Å²) in [6.45, 7) is 0.943. The van der Waals surface area contributed by atoms with Crippen LogP contribution in [0.4, 0.5) is 0 Å². The molecular weight excluding hydrogens is 483 g/mol. The minimum atomic E-state index is -3.61. The number of carbonyl (C=O) groups excluding carboxylic acids is 1. The van der Waals surface area contributed by atoms with Gasteiger partial charge in [0.05, 0.1) is 18.0 Å². The monoisotopic (exact) mass is 506 g/mol. The van der Waals surface area contributed by atoms with Gasteiger partial charge in [0, 0.05) is 47.8 Å². The molecule has 4 rings (SSSR count). The van der Waals surface area contributed by atoms with Gasteiger partial charge >= 0.3 is 0 Å². The molecule has 1 aliphatic heterocycles. The number of nitrogens with one attached hydrogen (secondary N) is 1. The summed E-state index contributed by atoms with van der Waals surface area (Å²) in [7, 11) is -3.61. The topological polar surface area (TPSA) is 84.3 Å². The molecule has 10 heteroatoms. The van der Waals surface area contributed by atoms with Crippen molar-refractivity contribution in [1.29, 1.82) is 0 Å². The van der Waals surface area contributed by atoms with Gasteiger partial charge in [-0.3, -0.25) is 4.79 Å². The van der Waals surface area contributed by atoms with Crippen LogP contribution in [0.15, 0.2) is 61.2 Å². The highest BCUT2D eigenvalue weighted by atomic mass is 35.5. The normalized spacial score (nSPS) is 17.1. The molecule has 0 bridgehead atoms. The lowest BCUT2D eigenvalue weighted by molar-refractivity contribution is -0.126. The Bertz CT molecular complexity index is 1220. The van der Waals surface area contributed by atoms with Gasteiger partial charge in [0.25, 0.3) is 0 Å². The molecular formula is C23H24Cl2N4O3S. The van der Waals surface area contributed by atoms with Crippen molar-refractivity contribution in [2.24, 2.45) is 5.92 Å². The highest BCUT2D eigenvalue weighted by Crippen LogP contribution is 2.26. The van der Waals surface area contributed by atoms with Crippen LogP contribution in [0.2, 0.25) is 10.0 Å². The quantitative estimate of drug-likeness (QED) is 0.523. The maximum atomic E-state index is 13.0. The Kier molecular flexibility index (Phi) is 7.38. The second-order valence-electron chi connectivity index (χ2n) is 8.04. The number of amides is 1. The summed E-state index contributed by atoms with van der Waals surface area (Å²) in [5.74, 6) is -0.752. The molecule has 1 aromatic heterocycles. The Morgan fingerprint density at radius 1 is 1.15 bits per heavy atom. The third-order valence-corrected chi connectivity index (χ3v) is 8.09. The summed E-state index contributed by atoms with van der Waals surface area (Å²) in [5.41, 5.74) is 2.44. The first-order valence-electron chi connectivity index (χ1n) is 10.6. The second-order valence-corrected chi connectivity index (χ2v) is 10.9. The molecule has 0 radical (unpaired) electrons. The van der Waals surface area contributed by atoms with E-state index >= 15 is 0 Å². The number of hydrogen-bond donors (Lipinski definition) is 1. The van der Waals surface area contributed by atoms with Crippen LogP contribution in [-0.4, -0.2) is 41.3 Å². The SMILES string of the molecule is O=C(NCc1ccc(-n2ccnc2)cc1)[C@@H]1CCCN(S(=O)(=O)Cc2ccc(Cl)cc2Cl)C1. The molecule has 1 fully saturated rings. The summed E-state index contributed by atoms with van der Waals surface area (Å²) in [6.07, 6.45) is 6.58. The van der Waals surface area contributed by atoms with Crippen molar-refractivity contribution in [1.82, 2.24) is 19.2 Å². The number of hydrogen-bond acceptors (Lipinski definition) is 4. The number of piperidine rings is 1. The highest BCUT2D eigenvalue weighted by Gasteiger charge is 2.32. The van der Waals surface area contributed by atoms with Crippen molar-refractivity contribution in [2.45, 2.75) is 25.1 Å². The molecule has 2 heterocycles. The Hall–Kier alpha value is -2.39.